The zero-order valence-corrected chi connectivity index (χ0v) is 9.36. The number of ether oxygens (including phenoxy) is 1. The molecule has 0 spiro atoms. The molecular formula is C12H19NO2. The van der Waals surface area contributed by atoms with Crippen molar-refractivity contribution in [1.82, 2.24) is 0 Å². The van der Waals surface area contributed by atoms with Gasteiger partial charge in [-0.05, 0) is 31.5 Å². The molecular weight excluding hydrogens is 190 g/mol. The number of rotatable bonds is 5. The molecule has 3 nitrogen and oxygen atoms in total. The minimum Gasteiger partial charge on any atom is -0.496 e. The molecule has 0 heterocycles. The minimum atomic E-state index is -0.384. The van der Waals surface area contributed by atoms with E-state index in [-0.39, 0.29) is 6.10 Å². The number of aliphatic hydroxyl groups excluding tert-OH is 1. The van der Waals surface area contributed by atoms with Gasteiger partial charge in [-0.1, -0.05) is 17.7 Å². The summed E-state index contributed by atoms with van der Waals surface area (Å²) in [6.07, 6.45) is 0.838. The van der Waals surface area contributed by atoms with Crippen LogP contribution in [0.2, 0.25) is 0 Å². The Bertz CT molecular complexity index is 312. The van der Waals surface area contributed by atoms with Crippen molar-refractivity contribution in [3.8, 4) is 5.75 Å². The van der Waals surface area contributed by atoms with Crippen LogP contribution in [0.25, 0.3) is 0 Å². The highest BCUT2D eigenvalue weighted by Gasteiger charge is 2.09. The molecule has 84 valence electrons. The Kier molecular flexibility index (Phi) is 4.59. The van der Waals surface area contributed by atoms with Crippen molar-refractivity contribution in [2.24, 2.45) is 5.73 Å². The van der Waals surface area contributed by atoms with Crippen LogP contribution in [0.5, 0.6) is 5.75 Å². The highest BCUT2D eigenvalue weighted by Crippen LogP contribution is 2.21. The molecule has 0 aliphatic heterocycles. The molecule has 1 rings (SSSR count). The lowest BCUT2D eigenvalue weighted by molar-refractivity contribution is 0.166. The molecule has 15 heavy (non-hydrogen) atoms. The lowest BCUT2D eigenvalue weighted by Crippen LogP contribution is -2.16. The van der Waals surface area contributed by atoms with Gasteiger partial charge in [-0.25, -0.2) is 0 Å². The maximum absolute atomic E-state index is 9.68. The zero-order valence-electron chi connectivity index (χ0n) is 9.36. The van der Waals surface area contributed by atoms with Crippen LogP contribution in [0.4, 0.5) is 0 Å². The Labute approximate surface area is 90.9 Å². The number of nitrogens with two attached hydrogens (primary N) is 1. The first-order chi connectivity index (χ1) is 7.17. The van der Waals surface area contributed by atoms with Gasteiger partial charge >= 0.3 is 0 Å². The van der Waals surface area contributed by atoms with Crippen molar-refractivity contribution in [3.05, 3.63) is 29.3 Å². The van der Waals surface area contributed by atoms with Crippen molar-refractivity contribution >= 4 is 0 Å². The highest BCUT2D eigenvalue weighted by molar-refractivity contribution is 5.37. The van der Waals surface area contributed by atoms with Crippen LogP contribution >= 0.6 is 0 Å². The Morgan fingerprint density at radius 1 is 1.47 bits per heavy atom. The van der Waals surface area contributed by atoms with Crippen molar-refractivity contribution in [1.29, 1.82) is 0 Å². The van der Waals surface area contributed by atoms with E-state index in [4.69, 9.17) is 10.5 Å². The number of hydrogen-bond acceptors (Lipinski definition) is 3. The summed E-state index contributed by atoms with van der Waals surface area (Å²) >= 11 is 0. The van der Waals surface area contributed by atoms with Gasteiger partial charge in [-0.3, -0.25) is 0 Å². The first kappa shape index (κ1) is 12.0. The summed E-state index contributed by atoms with van der Waals surface area (Å²) in [6, 6.07) is 5.97. The number of methoxy groups -OCH3 is 1. The third kappa shape index (κ3) is 3.53. The molecule has 0 saturated heterocycles. The van der Waals surface area contributed by atoms with E-state index in [1.807, 2.05) is 25.1 Å². The summed E-state index contributed by atoms with van der Waals surface area (Å²) in [4.78, 5) is 0. The summed E-state index contributed by atoms with van der Waals surface area (Å²) in [5.74, 6) is 0.830. The van der Waals surface area contributed by atoms with Gasteiger partial charge in [0.1, 0.15) is 5.75 Å². The number of hydrogen-bond donors (Lipinski definition) is 2. The van der Waals surface area contributed by atoms with E-state index in [1.165, 1.54) is 5.56 Å². The molecule has 1 aromatic carbocycles. The Morgan fingerprint density at radius 2 is 2.20 bits per heavy atom. The molecule has 1 aromatic rings. The monoisotopic (exact) mass is 209 g/mol. The zero-order chi connectivity index (χ0) is 11.3. The van der Waals surface area contributed by atoms with Crippen LogP contribution in [-0.2, 0) is 6.42 Å². The largest absolute Gasteiger partial charge is 0.496 e. The summed E-state index contributed by atoms with van der Waals surface area (Å²) in [5, 5.41) is 9.68. The molecule has 0 aliphatic carbocycles. The van der Waals surface area contributed by atoms with Crippen LogP contribution in [-0.4, -0.2) is 24.9 Å². The fraction of sp³-hybridized carbons (Fsp3) is 0.500. The maximum Gasteiger partial charge on any atom is 0.122 e. The second kappa shape index (κ2) is 5.73. The van der Waals surface area contributed by atoms with Crippen molar-refractivity contribution in [2.45, 2.75) is 25.9 Å². The SMILES string of the molecule is COc1ccc(C)cc1CC(O)CCN. The van der Waals surface area contributed by atoms with Gasteiger partial charge in [0, 0.05) is 6.42 Å². The standard InChI is InChI=1S/C12H19NO2/c1-9-3-4-12(15-2)10(7-9)8-11(14)5-6-13/h3-4,7,11,14H,5-6,8,13H2,1-2H3. The summed E-state index contributed by atoms with van der Waals surface area (Å²) in [5.41, 5.74) is 7.60. The molecule has 1 atom stereocenters. The summed E-state index contributed by atoms with van der Waals surface area (Å²) in [6.45, 7) is 2.54. The lowest BCUT2D eigenvalue weighted by atomic mass is 10.0. The van der Waals surface area contributed by atoms with Crippen LogP contribution in [0.3, 0.4) is 0 Å². The smallest absolute Gasteiger partial charge is 0.122 e. The highest BCUT2D eigenvalue weighted by atomic mass is 16.5. The molecule has 0 bridgehead atoms. The molecule has 0 saturated carbocycles. The molecule has 0 fully saturated rings. The predicted molar refractivity (Wildman–Crippen MR) is 61.1 cm³/mol. The molecule has 3 heteroatoms. The minimum absolute atomic E-state index is 0.384. The van der Waals surface area contributed by atoms with E-state index in [0.29, 0.717) is 19.4 Å². The molecule has 3 N–H and O–H groups in total. The topological polar surface area (TPSA) is 55.5 Å². The van der Waals surface area contributed by atoms with Crippen molar-refractivity contribution < 1.29 is 9.84 Å². The summed E-state index contributed by atoms with van der Waals surface area (Å²) < 4.78 is 5.24. The van der Waals surface area contributed by atoms with E-state index in [2.05, 4.69) is 0 Å². The first-order valence-electron chi connectivity index (χ1n) is 5.19. The Hall–Kier alpha value is -1.06. The van der Waals surface area contributed by atoms with E-state index in [0.717, 1.165) is 11.3 Å². The fourth-order valence-electron chi connectivity index (χ4n) is 1.62. The molecule has 0 radical (unpaired) electrons. The predicted octanol–water partition coefficient (Wildman–Crippen LogP) is 1.26. The van der Waals surface area contributed by atoms with Gasteiger partial charge in [0.25, 0.3) is 0 Å². The molecule has 0 amide bonds. The van der Waals surface area contributed by atoms with Gasteiger partial charge in [-0.15, -0.1) is 0 Å². The third-order valence-corrected chi connectivity index (χ3v) is 2.39. The second-order valence-corrected chi connectivity index (χ2v) is 3.75. The van der Waals surface area contributed by atoms with Gasteiger partial charge < -0.3 is 15.6 Å². The number of benzene rings is 1. The number of aliphatic hydroxyl groups is 1. The van der Waals surface area contributed by atoms with Gasteiger partial charge in [0.2, 0.25) is 0 Å². The first-order valence-corrected chi connectivity index (χ1v) is 5.19. The molecule has 0 aromatic heterocycles. The van der Waals surface area contributed by atoms with Gasteiger partial charge in [0.05, 0.1) is 13.2 Å². The summed E-state index contributed by atoms with van der Waals surface area (Å²) in [7, 11) is 1.64. The Balaban J connectivity index is 2.77. The van der Waals surface area contributed by atoms with Crippen LogP contribution in [0.1, 0.15) is 17.5 Å². The van der Waals surface area contributed by atoms with Crippen LogP contribution in [0.15, 0.2) is 18.2 Å². The van der Waals surface area contributed by atoms with Gasteiger partial charge in [-0.2, -0.15) is 0 Å². The normalized spacial score (nSPS) is 12.5. The van der Waals surface area contributed by atoms with E-state index in [1.54, 1.807) is 7.11 Å². The quantitative estimate of drug-likeness (QED) is 0.767. The Morgan fingerprint density at radius 3 is 2.80 bits per heavy atom. The lowest BCUT2D eigenvalue weighted by Gasteiger charge is -2.13. The van der Waals surface area contributed by atoms with Crippen molar-refractivity contribution in [3.63, 3.8) is 0 Å². The fourth-order valence-corrected chi connectivity index (χ4v) is 1.62. The van der Waals surface area contributed by atoms with Crippen LogP contribution < -0.4 is 10.5 Å². The van der Waals surface area contributed by atoms with E-state index < -0.39 is 0 Å². The van der Waals surface area contributed by atoms with Crippen molar-refractivity contribution in [2.75, 3.05) is 13.7 Å². The average molecular weight is 209 g/mol. The second-order valence-electron chi connectivity index (χ2n) is 3.75. The molecule has 1 unspecified atom stereocenters. The third-order valence-electron chi connectivity index (χ3n) is 2.39. The molecule has 0 aliphatic rings. The van der Waals surface area contributed by atoms with Crippen LogP contribution in [0, 0.1) is 6.92 Å². The van der Waals surface area contributed by atoms with E-state index in [9.17, 15) is 5.11 Å². The maximum atomic E-state index is 9.68. The number of aryl methyl sites for hydroxylation is 1. The van der Waals surface area contributed by atoms with Gasteiger partial charge in [0.15, 0.2) is 0 Å². The average Bonchev–Trinajstić information content (AvgIpc) is 2.18. The van der Waals surface area contributed by atoms with E-state index >= 15 is 0 Å².